The van der Waals surface area contributed by atoms with Gasteiger partial charge < -0.3 is 4.74 Å². The number of hydrogen-bond donors (Lipinski definition) is 0. The van der Waals surface area contributed by atoms with Gasteiger partial charge in [0.1, 0.15) is 0 Å². The number of nitrogens with zero attached hydrogens (tertiary/aromatic N) is 1. The highest BCUT2D eigenvalue weighted by Gasteiger charge is 2.20. The lowest BCUT2D eigenvalue weighted by molar-refractivity contribution is -0.142. The summed E-state index contributed by atoms with van der Waals surface area (Å²) >= 11 is 11.7. The summed E-state index contributed by atoms with van der Waals surface area (Å²) in [7, 11) is 1.22. The van der Waals surface area contributed by atoms with Crippen molar-refractivity contribution in [3.05, 3.63) is 33.8 Å². The zero-order chi connectivity index (χ0) is 12.8. The van der Waals surface area contributed by atoms with Gasteiger partial charge in [0.05, 0.1) is 7.11 Å². The van der Waals surface area contributed by atoms with Crippen LogP contribution >= 0.6 is 23.2 Å². The van der Waals surface area contributed by atoms with Gasteiger partial charge in [0, 0.05) is 16.5 Å². The van der Waals surface area contributed by atoms with Crippen LogP contribution in [0.3, 0.4) is 0 Å². The van der Waals surface area contributed by atoms with E-state index in [1.165, 1.54) is 13.2 Å². The minimum Gasteiger partial charge on any atom is -0.467 e. The molecule has 0 aliphatic carbocycles. The van der Waals surface area contributed by atoms with Gasteiger partial charge in [-0.05, 0) is 17.7 Å². The summed E-state index contributed by atoms with van der Waals surface area (Å²) in [5, 5.41) is 0.903. The molecule has 0 saturated heterocycles. The smallest absolute Gasteiger partial charge is 0.331 e. The summed E-state index contributed by atoms with van der Waals surface area (Å²) < 4.78 is 4.52. The number of rotatable bonds is 4. The Morgan fingerprint density at radius 2 is 2.24 bits per heavy atom. The summed E-state index contributed by atoms with van der Waals surface area (Å²) in [6.45, 7) is 0. The van der Waals surface area contributed by atoms with Crippen molar-refractivity contribution in [3.8, 4) is 0 Å². The molecule has 17 heavy (non-hydrogen) atoms. The monoisotopic (exact) mass is 273 g/mol. The van der Waals surface area contributed by atoms with Gasteiger partial charge in [0.15, 0.2) is 6.04 Å². The van der Waals surface area contributed by atoms with Gasteiger partial charge in [-0.25, -0.2) is 9.59 Å². The Bertz CT molecular complexity index is 470. The summed E-state index contributed by atoms with van der Waals surface area (Å²) in [6, 6.07) is 3.93. The molecular formula is C11H9Cl2NO3. The molecule has 1 aromatic rings. The van der Waals surface area contributed by atoms with E-state index in [4.69, 9.17) is 23.2 Å². The number of isocyanates is 1. The maximum Gasteiger partial charge on any atom is 0.331 e. The fourth-order valence-corrected chi connectivity index (χ4v) is 1.76. The number of methoxy groups -OCH3 is 1. The van der Waals surface area contributed by atoms with E-state index in [1.807, 2.05) is 0 Å². The van der Waals surface area contributed by atoms with E-state index >= 15 is 0 Å². The molecule has 0 fully saturated rings. The zero-order valence-corrected chi connectivity index (χ0v) is 10.5. The molecule has 6 heteroatoms. The second kappa shape index (κ2) is 6.40. The molecule has 0 aliphatic rings. The van der Waals surface area contributed by atoms with Gasteiger partial charge in [-0.15, -0.1) is 0 Å². The molecule has 0 bridgehead atoms. The first-order chi connectivity index (χ1) is 8.08. The lowest BCUT2D eigenvalue weighted by Gasteiger charge is -2.09. The molecule has 4 nitrogen and oxygen atoms in total. The molecule has 90 valence electrons. The van der Waals surface area contributed by atoms with Crippen LogP contribution in [-0.4, -0.2) is 25.2 Å². The summed E-state index contributed by atoms with van der Waals surface area (Å²) in [4.78, 5) is 24.9. The zero-order valence-electron chi connectivity index (χ0n) is 8.94. The van der Waals surface area contributed by atoms with Gasteiger partial charge in [0.2, 0.25) is 6.08 Å². The average Bonchev–Trinajstić information content (AvgIpc) is 2.30. The maximum atomic E-state index is 11.3. The number of hydrogen-bond acceptors (Lipinski definition) is 4. The largest absolute Gasteiger partial charge is 0.467 e. The molecule has 1 unspecified atom stereocenters. The molecule has 0 saturated carbocycles. The van der Waals surface area contributed by atoms with Crippen molar-refractivity contribution in [3.63, 3.8) is 0 Å². The fourth-order valence-electron chi connectivity index (χ4n) is 1.28. The molecular weight excluding hydrogens is 265 g/mol. The van der Waals surface area contributed by atoms with E-state index in [-0.39, 0.29) is 6.42 Å². The third kappa shape index (κ3) is 3.86. The Morgan fingerprint density at radius 3 is 2.76 bits per heavy atom. The molecule has 0 N–H and O–H groups in total. The molecule has 0 aromatic heterocycles. The van der Waals surface area contributed by atoms with Crippen molar-refractivity contribution in [1.82, 2.24) is 0 Å². The van der Waals surface area contributed by atoms with E-state index < -0.39 is 12.0 Å². The Labute approximate surface area is 108 Å². The SMILES string of the molecule is COC(=O)C(Cc1ccc(Cl)cc1Cl)N=C=O. The second-order valence-corrected chi connectivity index (χ2v) is 4.04. The van der Waals surface area contributed by atoms with E-state index in [9.17, 15) is 9.59 Å². The lowest BCUT2D eigenvalue weighted by atomic mass is 10.1. The number of benzene rings is 1. The highest BCUT2D eigenvalue weighted by Crippen LogP contribution is 2.22. The van der Waals surface area contributed by atoms with Crippen LogP contribution in [0.2, 0.25) is 10.0 Å². The van der Waals surface area contributed by atoms with E-state index in [0.29, 0.717) is 15.6 Å². The molecule has 1 atom stereocenters. The Morgan fingerprint density at radius 1 is 1.53 bits per heavy atom. The highest BCUT2D eigenvalue weighted by molar-refractivity contribution is 6.35. The number of carbonyl (C=O) groups is 1. The molecule has 1 aromatic carbocycles. The highest BCUT2D eigenvalue weighted by atomic mass is 35.5. The van der Waals surface area contributed by atoms with Gasteiger partial charge >= 0.3 is 5.97 Å². The van der Waals surface area contributed by atoms with Crippen LogP contribution in [0.15, 0.2) is 23.2 Å². The van der Waals surface area contributed by atoms with E-state index in [0.717, 1.165) is 0 Å². The molecule has 0 spiro atoms. The number of esters is 1. The van der Waals surface area contributed by atoms with Crippen molar-refractivity contribution in [1.29, 1.82) is 0 Å². The Balaban J connectivity index is 2.93. The summed E-state index contributed by atoms with van der Waals surface area (Å²) in [5.74, 6) is -0.612. The number of carbonyl (C=O) groups excluding carboxylic acids is 2. The van der Waals surface area contributed by atoms with Crippen LogP contribution < -0.4 is 0 Å². The predicted octanol–water partition coefficient (Wildman–Crippen LogP) is 2.41. The standard InChI is InChI=1S/C11H9Cl2NO3/c1-17-11(16)10(14-6-15)4-7-2-3-8(12)5-9(7)13/h2-3,5,10H,4H2,1H3. The van der Waals surface area contributed by atoms with Crippen LogP contribution in [0.25, 0.3) is 0 Å². The summed E-state index contributed by atoms with van der Waals surface area (Å²) in [6.07, 6.45) is 1.50. The third-order valence-electron chi connectivity index (χ3n) is 2.11. The third-order valence-corrected chi connectivity index (χ3v) is 2.70. The van der Waals surface area contributed by atoms with Crippen LogP contribution in [-0.2, 0) is 20.7 Å². The first-order valence-corrected chi connectivity index (χ1v) is 5.42. The Hall–Kier alpha value is -1.35. The molecule has 1 rings (SSSR count). The van der Waals surface area contributed by atoms with Gasteiger partial charge in [0.25, 0.3) is 0 Å². The minimum atomic E-state index is -0.934. The molecule has 0 amide bonds. The van der Waals surface area contributed by atoms with Gasteiger partial charge in [-0.3, -0.25) is 0 Å². The fraction of sp³-hybridized carbons (Fsp3) is 0.273. The average molecular weight is 274 g/mol. The van der Waals surface area contributed by atoms with E-state index in [2.05, 4.69) is 9.73 Å². The maximum absolute atomic E-state index is 11.3. The number of halogens is 2. The van der Waals surface area contributed by atoms with Crippen LogP contribution in [0.1, 0.15) is 5.56 Å². The molecule has 0 radical (unpaired) electrons. The second-order valence-electron chi connectivity index (χ2n) is 3.20. The normalized spacial score (nSPS) is 11.5. The minimum absolute atomic E-state index is 0.165. The van der Waals surface area contributed by atoms with Gasteiger partial charge in [-0.2, -0.15) is 4.99 Å². The van der Waals surface area contributed by atoms with Crippen molar-refractivity contribution >= 4 is 35.3 Å². The van der Waals surface area contributed by atoms with Crippen molar-refractivity contribution < 1.29 is 14.3 Å². The quantitative estimate of drug-likeness (QED) is 0.481. The topological polar surface area (TPSA) is 55.7 Å². The summed E-state index contributed by atoms with van der Waals surface area (Å²) in [5.41, 5.74) is 0.658. The van der Waals surface area contributed by atoms with Crippen molar-refractivity contribution in [2.75, 3.05) is 7.11 Å². The first kappa shape index (κ1) is 13.7. The van der Waals surface area contributed by atoms with Crippen molar-refractivity contribution in [2.45, 2.75) is 12.5 Å². The predicted molar refractivity (Wildman–Crippen MR) is 64.1 cm³/mol. The first-order valence-electron chi connectivity index (χ1n) is 4.67. The van der Waals surface area contributed by atoms with Gasteiger partial charge in [-0.1, -0.05) is 29.3 Å². The van der Waals surface area contributed by atoms with Crippen LogP contribution in [0, 0.1) is 0 Å². The lowest BCUT2D eigenvalue weighted by Crippen LogP contribution is -2.22. The molecule has 0 aliphatic heterocycles. The van der Waals surface area contributed by atoms with Crippen LogP contribution in [0.4, 0.5) is 0 Å². The van der Waals surface area contributed by atoms with E-state index in [1.54, 1.807) is 18.2 Å². The number of aliphatic imine (C=N–C) groups is 1. The van der Waals surface area contributed by atoms with Crippen molar-refractivity contribution in [2.24, 2.45) is 4.99 Å². The Kier molecular flexibility index (Phi) is 5.16. The molecule has 0 heterocycles. The van der Waals surface area contributed by atoms with Crippen LogP contribution in [0.5, 0.6) is 0 Å². The number of ether oxygens (including phenoxy) is 1.